The molecule has 0 aromatic carbocycles. The zero-order valence-electron chi connectivity index (χ0n) is 17.8. The van der Waals surface area contributed by atoms with Crippen LogP contribution in [0.1, 0.15) is 0 Å². The summed E-state index contributed by atoms with van der Waals surface area (Å²) >= 11 is 0. The molecule has 0 aliphatic carbocycles. The predicted molar refractivity (Wildman–Crippen MR) is 106 cm³/mol. The molecule has 0 saturated heterocycles. The maximum absolute atomic E-state index is 11.2. The van der Waals surface area contributed by atoms with Crippen LogP contribution in [0, 0.1) is 0 Å². The van der Waals surface area contributed by atoms with Gasteiger partial charge in [-0.1, -0.05) is 0 Å². The Bertz CT molecular complexity index is 465. The van der Waals surface area contributed by atoms with Gasteiger partial charge in [0.25, 0.3) is 0 Å². The highest BCUT2D eigenvalue weighted by atomic mass is 16.5. The van der Waals surface area contributed by atoms with Gasteiger partial charge in [0.2, 0.25) is 0 Å². The SMILES string of the molecule is O=C(O)C[N+](CCO)(CCO)CC(O)COCC(O)C[N+](CCO)(CCO)CC(=O)O. The van der Waals surface area contributed by atoms with Crippen molar-refractivity contribution in [3.63, 3.8) is 0 Å². The normalized spacial score (nSPS) is 14.4. The molecule has 13 nitrogen and oxygen atoms in total. The van der Waals surface area contributed by atoms with Crippen LogP contribution in [0.3, 0.4) is 0 Å². The van der Waals surface area contributed by atoms with Crippen molar-refractivity contribution in [2.45, 2.75) is 12.2 Å². The Balaban J connectivity index is 4.87. The maximum Gasteiger partial charge on any atom is 0.359 e. The molecule has 2 unspecified atom stereocenters. The van der Waals surface area contributed by atoms with Gasteiger partial charge in [0.1, 0.15) is 51.5 Å². The largest absolute Gasteiger partial charge is 0.477 e. The number of hydrogen-bond donors (Lipinski definition) is 8. The standard InChI is InChI=1S/C18H36N2O11/c21-5-1-19(2-6-22,11-17(27)28)9-15(25)13-31-14-16(26)10-20(3-7-23,4-8-24)12-18(29)30/h15-16,21-26H,1-14H2/p+2. The Kier molecular flexibility index (Phi) is 14.7. The Labute approximate surface area is 181 Å². The third-order valence-electron chi connectivity index (χ3n) is 5.06. The summed E-state index contributed by atoms with van der Waals surface area (Å²) in [5.74, 6) is -2.29. The zero-order valence-corrected chi connectivity index (χ0v) is 17.8. The van der Waals surface area contributed by atoms with Crippen LogP contribution in [0.25, 0.3) is 0 Å². The first kappa shape index (κ1) is 29.6. The molecular formula is C18H38N2O11+2. The van der Waals surface area contributed by atoms with Gasteiger partial charge in [-0.05, 0) is 0 Å². The number of aliphatic carboxylic acids is 2. The molecule has 0 rings (SSSR count). The number of aliphatic hydroxyl groups is 6. The fourth-order valence-electron chi connectivity index (χ4n) is 3.80. The Morgan fingerprint density at radius 1 is 0.645 bits per heavy atom. The van der Waals surface area contributed by atoms with Crippen molar-refractivity contribution in [3.8, 4) is 0 Å². The molecule has 0 bridgehead atoms. The molecule has 8 N–H and O–H groups in total. The molecule has 0 fully saturated rings. The Hall–Kier alpha value is -1.42. The minimum absolute atomic E-state index is 0.0179. The summed E-state index contributed by atoms with van der Waals surface area (Å²) in [6.45, 7) is -2.79. The van der Waals surface area contributed by atoms with E-state index in [4.69, 9.17) is 14.9 Å². The number of rotatable bonds is 20. The molecule has 184 valence electrons. The second kappa shape index (κ2) is 15.4. The monoisotopic (exact) mass is 458 g/mol. The lowest BCUT2D eigenvalue weighted by molar-refractivity contribution is -0.925. The molecule has 0 radical (unpaired) electrons. The van der Waals surface area contributed by atoms with Crippen molar-refractivity contribution in [1.29, 1.82) is 0 Å². The van der Waals surface area contributed by atoms with E-state index in [1.807, 2.05) is 0 Å². The highest BCUT2D eigenvalue weighted by Crippen LogP contribution is 2.11. The van der Waals surface area contributed by atoms with Crippen molar-refractivity contribution >= 4 is 11.9 Å². The summed E-state index contributed by atoms with van der Waals surface area (Å²) in [7, 11) is 0. The number of nitrogens with zero attached hydrogens (tertiary/aromatic N) is 2. The highest BCUT2D eigenvalue weighted by molar-refractivity contribution is 5.68. The predicted octanol–water partition coefficient (Wildman–Crippen LogP) is -4.50. The molecule has 0 aromatic rings. The molecule has 0 saturated carbocycles. The first-order chi connectivity index (χ1) is 14.6. The van der Waals surface area contributed by atoms with Crippen molar-refractivity contribution < 1.29 is 64.1 Å². The molecule has 0 heterocycles. The molecule has 0 spiro atoms. The fraction of sp³-hybridized carbons (Fsp3) is 0.889. The zero-order chi connectivity index (χ0) is 23.9. The molecule has 0 aliphatic rings. The average molecular weight is 459 g/mol. The van der Waals surface area contributed by atoms with Crippen LogP contribution in [-0.4, -0.2) is 166 Å². The summed E-state index contributed by atoms with van der Waals surface area (Å²) in [6.07, 6.45) is -2.28. The van der Waals surface area contributed by atoms with Gasteiger partial charge in [0, 0.05) is 0 Å². The van der Waals surface area contributed by atoms with Crippen LogP contribution < -0.4 is 0 Å². The van der Waals surface area contributed by atoms with Gasteiger partial charge in [-0.3, -0.25) is 0 Å². The van der Waals surface area contributed by atoms with Gasteiger partial charge < -0.3 is 54.6 Å². The quantitative estimate of drug-likeness (QED) is 0.0816. The Morgan fingerprint density at radius 2 is 0.935 bits per heavy atom. The number of ether oxygens (including phenoxy) is 1. The van der Waals surface area contributed by atoms with E-state index in [2.05, 4.69) is 0 Å². The van der Waals surface area contributed by atoms with Gasteiger partial charge in [-0.15, -0.1) is 0 Å². The minimum Gasteiger partial charge on any atom is -0.477 e. The molecule has 0 amide bonds. The van der Waals surface area contributed by atoms with Crippen molar-refractivity contribution in [2.24, 2.45) is 0 Å². The topological polar surface area (TPSA) is 205 Å². The van der Waals surface area contributed by atoms with E-state index in [0.717, 1.165) is 0 Å². The number of quaternary nitrogens is 2. The number of aliphatic hydroxyl groups excluding tert-OH is 6. The number of carbonyl (C=O) groups is 2. The second-order valence-electron chi connectivity index (χ2n) is 7.79. The van der Waals surface area contributed by atoms with E-state index in [9.17, 15) is 40.2 Å². The highest BCUT2D eigenvalue weighted by Gasteiger charge is 2.34. The van der Waals surface area contributed by atoms with E-state index in [-0.39, 0.29) is 87.9 Å². The first-order valence-electron chi connectivity index (χ1n) is 10.1. The molecular weight excluding hydrogens is 420 g/mol. The summed E-state index contributed by atoms with van der Waals surface area (Å²) in [6, 6.07) is 0. The molecule has 31 heavy (non-hydrogen) atoms. The van der Waals surface area contributed by atoms with E-state index in [1.165, 1.54) is 0 Å². The average Bonchev–Trinajstić information content (AvgIpc) is 2.61. The van der Waals surface area contributed by atoms with E-state index >= 15 is 0 Å². The van der Waals surface area contributed by atoms with Gasteiger partial charge >= 0.3 is 11.9 Å². The van der Waals surface area contributed by atoms with Gasteiger partial charge in [-0.25, -0.2) is 9.59 Å². The maximum atomic E-state index is 11.2. The lowest BCUT2D eigenvalue weighted by atomic mass is 10.2. The lowest BCUT2D eigenvalue weighted by Gasteiger charge is -2.38. The van der Waals surface area contributed by atoms with Crippen molar-refractivity contribution in [3.05, 3.63) is 0 Å². The summed E-state index contributed by atoms with van der Waals surface area (Å²) in [5.41, 5.74) is 0. The lowest BCUT2D eigenvalue weighted by Crippen LogP contribution is -2.58. The van der Waals surface area contributed by atoms with E-state index in [1.54, 1.807) is 0 Å². The van der Waals surface area contributed by atoms with Gasteiger partial charge in [0.15, 0.2) is 13.1 Å². The van der Waals surface area contributed by atoms with Gasteiger partial charge in [-0.2, -0.15) is 0 Å². The molecule has 2 atom stereocenters. The van der Waals surface area contributed by atoms with E-state index in [0.29, 0.717) is 0 Å². The van der Waals surface area contributed by atoms with Gasteiger partial charge in [0.05, 0.1) is 39.6 Å². The number of hydrogen-bond acceptors (Lipinski definition) is 9. The van der Waals surface area contributed by atoms with Crippen LogP contribution in [-0.2, 0) is 14.3 Å². The van der Waals surface area contributed by atoms with Crippen molar-refractivity contribution in [2.75, 3.05) is 92.0 Å². The van der Waals surface area contributed by atoms with Crippen LogP contribution >= 0.6 is 0 Å². The second-order valence-corrected chi connectivity index (χ2v) is 7.79. The first-order valence-corrected chi connectivity index (χ1v) is 10.1. The Morgan fingerprint density at radius 3 is 1.16 bits per heavy atom. The van der Waals surface area contributed by atoms with Crippen LogP contribution in [0.2, 0.25) is 0 Å². The van der Waals surface area contributed by atoms with Crippen LogP contribution in [0.5, 0.6) is 0 Å². The minimum atomic E-state index is -1.15. The fourth-order valence-corrected chi connectivity index (χ4v) is 3.80. The van der Waals surface area contributed by atoms with Crippen molar-refractivity contribution in [1.82, 2.24) is 0 Å². The van der Waals surface area contributed by atoms with Crippen LogP contribution in [0.4, 0.5) is 0 Å². The number of carboxylic acid groups (broad SMARTS) is 2. The number of carboxylic acids is 2. The molecule has 0 aliphatic heterocycles. The van der Waals surface area contributed by atoms with E-state index < -0.39 is 37.2 Å². The summed E-state index contributed by atoms with van der Waals surface area (Å²) in [4.78, 5) is 22.3. The smallest absolute Gasteiger partial charge is 0.359 e. The third kappa shape index (κ3) is 12.3. The molecule has 0 aromatic heterocycles. The summed E-state index contributed by atoms with van der Waals surface area (Å²) in [5, 5.41) is 75.7. The van der Waals surface area contributed by atoms with Crippen LogP contribution in [0.15, 0.2) is 0 Å². The third-order valence-corrected chi connectivity index (χ3v) is 5.06. The summed E-state index contributed by atoms with van der Waals surface area (Å²) < 4.78 is 4.81. The molecule has 13 heteroatoms.